The molecular weight excluding hydrogens is 364 g/mol. The van der Waals surface area contributed by atoms with Crippen LogP contribution in [-0.4, -0.2) is 40.6 Å². The van der Waals surface area contributed by atoms with Crippen molar-refractivity contribution in [2.24, 2.45) is 0 Å². The Morgan fingerprint density at radius 2 is 1.42 bits per heavy atom. The predicted molar refractivity (Wildman–Crippen MR) is 113 cm³/mol. The van der Waals surface area contributed by atoms with E-state index < -0.39 is 21.3 Å². The zero-order valence-electron chi connectivity index (χ0n) is 18.1. The van der Waals surface area contributed by atoms with Crippen LogP contribution in [0.1, 0.15) is 20.8 Å². The summed E-state index contributed by atoms with van der Waals surface area (Å²) >= 11 is 0. The van der Waals surface area contributed by atoms with E-state index in [0.29, 0.717) is 16.9 Å². The number of hydrogen-bond donors (Lipinski definition) is 1. The van der Waals surface area contributed by atoms with E-state index >= 15 is 0 Å². The fourth-order valence-electron chi connectivity index (χ4n) is 4.24. The van der Waals surface area contributed by atoms with Crippen molar-refractivity contribution in [2.75, 3.05) is 14.2 Å². The van der Waals surface area contributed by atoms with Gasteiger partial charge in [0.05, 0.1) is 0 Å². The van der Waals surface area contributed by atoms with E-state index in [1.807, 2.05) is 20.8 Å². The second-order valence-electron chi connectivity index (χ2n) is 10.4. The summed E-state index contributed by atoms with van der Waals surface area (Å²) in [5.41, 5.74) is 0.159. The fraction of sp³-hybridized carbons (Fsp3) is 0.632. The Balaban J connectivity index is 3.22. The molecule has 0 unspecified atom stereocenters. The van der Waals surface area contributed by atoms with Crippen LogP contribution in [0.4, 0.5) is 0 Å². The van der Waals surface area contributed by atoms with Gasteiger partial charge in [0.25, 0.3) is 0 Å². The number of hydrogen-bond acceptors (Lipinski definition) is 4. The minimum atomic E-state index is -2.95. The van der Waals surface area contributed by atoms with Crippen LogP contribution in [-0.2, 0) is 0 Å². The molecule has 0 atom stereocenters. The minimum absolute atomic E-state index is 0.0323. The normalized spacial score (nSPS) is 19.8. The van der Waals surface area contributed by atoms with Gasteiger partial charge in [0.2, 0.25) is 0 Å². The van der Waals surface area contributed by atoms with Gasteiger partial charge in [-0.05, 0) is 0 Å². The van der Waals surface area contributed by atoms with Gasteiger partial charge in [0.15, 0.2) is 0 Å². The summed E-state index contributed by atoms with van der Waals surface area (Å²) in [6.07, 6.45) is 0. The molecule has 26 heavy (non-hydrogen) atoms. The number of fused-ring (bicyclic) bond motifs is 1. The molecule has 1 heterocycles. The first-order valence-electron chi connectivity index (χ1n) is 9.01. The van der Waals surface area contributed by atoms with Gasteiger partial charge in [0, 0.05) is 0 Å². The van der Waals surface area contributed by atoms with Gasteiger partial charge in [-0.2, -0.15) is 0 Å². The molecule has 0 fully saturated rings. The Morgan fingerprint density at radius 3 is 1.81 bits per heavy atom. The van der Waals surface area contributed by atoms with Crippen molar-refractivity contribution in [3.8, 4) is 23.0 Å². The van der Waals surface area contributed by atoms with E-state index in [-0.39, 0.29) is 11.5 Å². The van der Waals surface area contributed by atoms with E-state index in [9.17, 15) is 5.11 Å². The molecule has 5 nitrogen and oxygen atoms in total. The molecule has 0 amide bonds. The average molecular weight is 399 g/mol. The first-order valence-corrected chi connectivity index (χ1v) is 16.4. The van der Waals surface area contributed by atoms with Crippen LogP contribution in [0.15, 0.2) is 4.11 Å². The quantitative estimate of drug-likeness (QED) is 0.622. The molecule has 0 bridgehead atoms. The molecule has 0 saturated heterocycles. The van der Waals surface area contributed by atoms with Crippen molar-refractivity contribution >= 4 is 20.5 Å². The Bertz CT molecular complexity index is 865. The van der Waals surface area contributed by atoms with Gasteiger partial charge < -0.3 is 0 Å². The van der Waals surface area contributed by atoms with E-state index in [1.54, 1.807) is 7.11 Å². The van der Waals surface area contributed by atoms with Crippen molar-refractivity contribution in [2.45, 2.75) is 65.7 Å². The number of phenols is 1. The molecule has 1 aliphatic rings. The van der Waals surface area contributed by atoms with Crippen LogP contribution in [0.2, 0.25) is 39.3 Å². The van der Waals surface area contributed by atoms with Gasteiger partial charge in [-0.1, -0.05) is 0 Å². The number of aromatic hydroxyl groups is 1. The fourth-order valence-corrected chi connectivity index (χ4v) is 17.7. The number of benzene rings is 1. The van der Waals surface area contributed by atoms with Crippen molar-refractivity contribution in [3.05, 3.63) is 14.8 Å². The molecule has 1 N–H and O–H groups in total. The summed E-state index contributed by atoms with van der Waals surface area (Å²) in [6.45, 7) is 19.5. The maximum absolute atomic E-state index is 11.0. The zero-order chi connectivity index (χ0) is 20.3. The first kappa shape index (κ1) is 20.8. The van der Waals surface area contributed by atoms with Crippen molar-refractivity contribution in [1.82, 2.24) is 0 Å². The number of methoxy groups -OCH3 is 2. The van der Waals surface area contributed by atoms with Gasteiger partial charge in [-0.3, -0.25) is 0 Å². The average Bonchev–Trinajstić information content (AvgIpc) is 2.66. The molecule has 2 rings (SSSR count). The van der Waals surface area contributed by atoms with Gasteiger partial charge >= 0.3 is 157 Å². The van der Waals surface area contributed by atoms with Gasteiger partial charge in [0.1, 0.15) is 0 Å². The molecule has 1 aliphatic heterocycles. The number of ether oxygens (including phenoxy) is 3. The second-order valence-corrected chi connectivity index (χ2v) is 22.5. The van der Waals surface area contributed by atoms with E-state index in [1.165, 1.54) is 11.9 Å². The Kier molecular flexibility index (Phi) is 4.61. The van der Waals surface area contributed by atoms with Crippen molar-refractivity contribution in [3.63, 3.8) is 0 Å². The van der Waals surface area contributed by atoms with Crippen LogP contribution >= 0.6 is 0 Å². The van der Waals surface area contributed by atoms with E-state index in [4.69, 9.17) is 18.3 Å². The summed E-state index contributed by atoms with van der Waals surface area (Å²) in [7, 11) is -1.68. The van der Waals surface area contributed by atoms with Crippen LogP contribution < -0.4 is 24.9 Å². The predicted octanol–water partition coefficient (Wildman–Crippen LogP) is 3.57. The summed E-state index contributed by atoms with van der Waals surface area (Å²) in [4.78, 5) is 1.32. The topological polar surface area (TPSA) is 59.2 Å². The molecule has 148 valence electrons. The molecule has 0 spiro atoms. The number of phenolic OH excluding ortho intramolecular Hbond substituents is 1. The molecule has 0 aromatic heterocycles. The molecule has 0 saturated carbocycles. The zero-order valence-corrected chi connectivity index (χ0v) is 20.1. The molecule has 0 aliphatic carbocycles. The van der Waals surface area contributed by atoms with E-state index in [0.717, 1.165) is 5.22 Å². The first-order chi connectivity index (χ1) is 11.5. The van der Waals surface area contributed by atoms with Crippen LogP contribution in [0, 0.1) is 0 Å². The molecule has 1 aromatic rings. The SMILES string of the molecule is COc1c(O)c(OC(C)(C)C)c2c(c1OC)=[O+][Si-](C)(C)(C)C=2[Si](C)(C)C. The molecule has 7 heteroatoms. The second kappa shape index (κ2) is 5.76. The maximum atomic E-state index is 11.0. The summed E-state index contributed by atoms with van der Waals surface area (Å²) < 4.78 is 24.0. The van der Waals surface area contributed by atoms with Crippen molar-refractivity contribution < 1.29 is 19.3 Å². The Morgan fingerprint density at radius 1 is 0.923 bits per heavy atom. The Hall–Kier alpha value is -1.48. The summed E-state index contributed by atoms with van der Waals surface area (Å²) in [5, 5.41) is 11.9. The van der Waals surface area contributed by atoms with Gasteiger partial charge in [-0.25, -0.2) is 0 Å². The standard InChI is InChI=1S/C19H34O5Si2/c1-19(2,3)23-14-12-15(17(22-5)16(21-4)13(14)20)24-26(9,10,11)18(12)25(6,7)8/h20H,1-11H3. The third-order valence-electron chi connectivity index (χ3n) is 4.42. The van der Waals surface area contributed by atoms with Crippen LogP contribution in [0.5, 0.6) is 23.0 Å². The molecule has 0 radical (unpaired) electrons. The van der Waals surface area contributed by atoms with Crippen molar-refractivity contribution in [1.29, 1.82) is 0 Å². The Labute approximate surface area is 157 Å². The molecule has 1 aromatic carbocycles. The van der Waals surface area contributed by atoms with E-state index in [2.05, 4.69) is 39.3 Å². The summed E-state index contributed by atoms with van der Waals surface area (Å²) in [6, 6.07) is 0. The molecular formula is C19H34O5Si2. The van der Waals surface area contributed by atoms with Crippen LogP contribution in [0.25, 0.3) is 4.82 Å². The third-order valence-corrected chi connectivity index (χ3v) is 13.9. The monoisotopic (exact) mass is 398 g/mol. The summed E-state index contributed by atoms with van der Waals surface area (Å²) in [5.74, 6) is 1.08. The van der Waals surface area contributed by atoms with Gasteiger partial charge in [-0.15, -0.1) is 0 Å². The third kappa shape index (κ3) is 3.38. The number of rotatable bonds is 4. The van der Waals surface area contributed by atoms with Crippen LogP contribution in [0.3, 0.4) is 0 Å².